The summed E-state index contributed by atoms with van der Waals surface area (Å²) in [5.74, 6) is -9.50. The van der Waals surface area contributed by atoms with E-state index in [2.05, 4.69) is 39.2 Å². The Labute approximate surface area is 319 Å². The highest BCUT2D eigenvalue weighted by Crippen LogP contribution is 2.27. The molecule has 54 heavy (non-hydrogen) atoms. The molecule has 0 radical (unpaired) electrons. The molecule has 1 rings (SSSR count). The van der Waals surface area contributed by atoms with Gasteiger partial charge in [0.25, 0.3) is 0 Å². The van der Waals surface area contributed by atoms with Gasteiger partial charge in [-0.1, -0.05) is 66.2 Å². The second kappa shape index (κ2) is 23.9. The predicted octanol–water partition coefficient (Wildman–Crippen LogP) is 0.463. The summed E-state index contributed by atoms with van der Waals surface area (Å²) in [6.45, 7) is 6.95. The molecular weight excluding hydrogens is 732 g/mol. The molecule has 7 atom stereocenters. The van der Waals surface area contributed by atoms with Gasteiger partial charge in [0.15, 0.2) is 0 Å². The summed E-state index contributed by atoms with van der Waals surface area (Å²) >= 11 is 4.00. The van der Waals surface area contributed by atoms with Gasteiger partial charge >= 0.3 is 24.0 Å². The summed E-state index contributed by atoms with van der Waals surface area (Å²) in [6, 6.07) is -8.46. The molecule has 0 aliphatic heterocycles. The Balaban J connectivity index is 3.34. The summed E-state index contributed by atoms with van der Waals surface area (Å²) in [4.78, 5) is 113. The SMILES string of the molecule is CC[C@H](C)[C@H](NC(=O)[C@H](CC(C)C)NC(=O)[C@@H](CCC(=O)O)NC(=O)[C@H](CC(=O)O)NC(=O)O)C(=O)N[C@@H](CC1CCCCC1)C(=O)N[C@@H](CS)C(=O)O. The number of rotatable bonds is 24. The first-order chi connectivity index (χ1) is 25.3. The maximum atomic E-state index is 13.9. The van der Waals surface area contributed by atoms with E-state index in [0.717, 1.165) is 32.1 Å². The lowest BCUT2D eigenvalue weighted by Crippen LogP contribution is -2.61. The van der Waals surface area contributed by atoms with E-state index >= 15 is 0 Å². The van der Waals surface area contributed by atoms with Gasteiger partial charge in [-0.3, -0.25) is 33.6 Å². The Bertz CT molecular complexity index is 1330. The molecule has 0 heterocycles. The van der Waals surface area contributed by atoms with Crippen LogP contribution < -0.4 is 31.9 Å². The van der Waals surface area contributed by atoms with Gasteiger partial charge in [0.1, 0.15) is 36.3 Å². The van der Waals surface area contributed by atoms with Crippen LogP contribution in [-0.2, 0) is 38.4 Å². The zero-order valence-electron chi connectivity index (χ0n) is 31.1. The van der Waals surface area contributed by atoms with Crippen LogP contribution in [0.15, 0.2) is 0 Å². The average molecular weight is 789 g/mol. The van der Waals surface area contributed by atoms with Crippen molar-refractivity contribution in [1.82, 2.24) is 31.9 Å². The van der Waals surface area contributed by atoms with Gasteiger partial charge in [0.2, 0.25) is 29.5 Å². The van der Waals surface area contributed by atoms with Crippen molar-refractivity contribution in [3.63, 3.8) is 0 Å². The largest absolute Gasteiger partial charge is 0.481 e. The normalized spacial score (nSPS) is 16.9. The molecule has 0 spiro atoms. The third-order valence-electron chi connectivity index (χ3n) is 9.13. The molecule has 0 bridgehead atoms. The van der Waals surface area contributed by atoms with Crippen molar-refractivity contribution in [3.05, 3.63) is 0 Å². The molecule has 19 nitrogen and oxygen atoms in total. The van der Waals surface area contributed by atoms with E-state index in [9.17, 15) is 53.4 Å². The number of carbonyl (C=O) groups excluding carboxylic acids is 5. The monoisotopic (exact) mass is 788 g/mol. The van der Waals surface area contributed by atoms with Crippen LogP contribution in [0.2, 0.25) is 0 Å². The third-order valence-corrected chi connectivity index (χ3v) is 9.50. The maximum Gasteiger partial charge on any atom is 0.405 e. The highest BCUT2D eigenvalue weighted by molar-refractivity contribution is 7.80. The summed E-state index contributed by atoms with van der Waals surface area (Å²) in [5.41, 5.74) is 0. The van der Waals surface area contributed by atoms with Gasteiger partial charge in [-0.05, 0) is 37.0 Å². The molecule has 306 valence electrons. The van der Waals surface area contributed by atoms with Crippen LogP contribution in [0.25, 0.3) is 0 Å². The van der Waals surface area contributed by atoms with Crippen LogP contribution >= 0.6 is 12.6 Å². The van der Waals surface area contributed by atoms with Gasteiger partial charge in [0, 0.05) is 12.2 Å². The first kappa shape index (κ1) is 47.4. The third kappa shape index (κ3) is 17.5. The number of carbonyl (C=O) groups is 9. The first-order valence-corrected chi connectivity index (χ1v) is 18.7. The summed E-state index contributed by atoms with van der Waals surface area (Å²) in [6.07, 6.45) is 1.36. The van der Waals surface area contributed by atoms with Crippen LogP contribution in [-0.4, -0.2) is 116 Å². The molecule has 1 saturated carbocycles. The minimum atomic E-state index is -1.83. The highest BCUT2D eigenvalue weighted by atomic mass is 32.1. The van der Waals surface area contributed by atoms with Crippen LogP contribution in [0.1, 0.15) is 98.3 Å². The van der Waals surface area contributed by atoms with Gasteiger partial charge in [-0.2, -0.15) is 12.6 Å². The van der Waals surface area contributed by atoms with Gasteiger partial charge in [0.05, 0.1) is 6.42 Å². The molecule has 6 amide bonds. The van der Waals surface area contributed by atoms with Gasteiger partial charge in [-0.15, -0.1) is 0 Å². The summed E-state index contributed by atoms with van der Waals surface area (Å²) < 4.78 is 0. The quantitative estimate of drug-likeness (QED) is 0.0594. The van der Waals surface area contributed by atoms with Crippen molar-refractivity contribution in [2.24, 2.45) is 17.8 Å². The molecule has 0 aromatic heterocycles. The molecule has 20 heteroatoms. The Morgan fingerprint density at radius 1 is 0.630 bits per heavy atom. The van der Waals surface area contributed by atoms with Crippen molar-refractivity contribution < 1.29 is 63.6 Å². The Kier molecular flexibility index (Phi) is 21.0. The standard InChI is InChI=1S/C34H56N6O13S/c1-5-18(4)27(32(49)37-22(14-19-9-7-6-8-10-19)29(46)38-24(16-54)33(50)51)40-31(48)21(13-17(2)3)36-28(45)20(11-12-25(41)42)35-30(47)23(15-26(43)44)39-34(52)53/h17-24,27,39,54H,5-16H2,1-4H3,(H,35,47)(H,36,45)(H,37,49)(H,38,46)(H,40,48)(H,41,42)(H,43,44)(H,50,51)(H,52,53)/t18-,20+,21-,22-,23-,24-,27-/m0/s1. The van der Waals surface area contributed by atoms with Crippen molar-refractivity contribution in [3.8, 4) is 0 Å². The van der Waals surface area contributed by atoms with Gasteiger partial charge < -0.3 is 52.3 Å². The molecule has 10 N–H and O–H groups in total. The number of amides is 6. The number of hydrogen-bond acceptors (Lipinski definition) is 10. The van der Waals surface area contributed by atoms with E-state index in [1.165, 1.54) is 0 Å². The van der Waals surface area contributed by atoms with Crippen LogP contribution in [0.3, 0.4) is 0 Å². The topological polar surface area (TPSA) is 307 Å². The molecule has 0 aromatic carbocycles. The molecular formula is C34H56N6O13S. The molecule has 0 unspecified atom stereocenters. The lowest BCUT2D eigenvalue weighted by Gasteiger charge is -2.31. The fourth-order valence-electron chi connectivity index (χ4n) is 5.98. The Morgan fingerprint density at radius 3 is 1.65 bits per heavy atom. The molecule has 1 aliphatic carbocycles. The minimum Gasteiger partial charge on any atom is -0.481 e. The van der Waals surface area contributed by atoms with Gasteiger partial charge in [-0.25, -0.2) is 9.59 Å². The number of aliphatic carboxylic acids is 3. The lowest BCUT2D eigenvalue weighted by atomic mass is 9.84. The minimum absolute atomic E-state index is 0.0151. The van der Waals surface area contributed by atoms with E-state index < -0.39 is 115 Å². The van der Waals surface area contributed by atoms with Crippen molar-refractivity contribution in [2.45, 2.75) is 135 Å². The van der Waals surface area contributed by atoms with Crippen LogP contribution in [0.5, 0.6) is 0 Å². The number of carboxylic acids is 3. The Hall–Kier alpha value is -4.62. The highest BCUT2D eigenvalue weighted by Gasteiger charge is 2.36. The van der Waals surface area contributed by atoms with E-state index in [-0.39, 0.29) is 30.4 Å². The van der Waals surface area contributed by atoms with E-state index in [4.69, 9.17) is 10.2 Å². The number of thiol groups is 1. The molecule has 0 saturated heterocycles. The van der Waals surface area contributed by atoms with Crippen molar-refractivity contribution >= 4 is 66.2 Å². The molecule has 1 aliphatic rings. The van der Waals surface area contributed by atoms with E-state index in [1.807, 2.05) is 0 Å². The zero-order chi connectivity index (χ0) is 41.1. The second-order valence-electron chi connectivity index (χ2n) is 14.0. The van der Waals surface area contributed by atoms with Crippen molar-refractivity contribution in [2.75, 3.05) is 5.75 Å². The molecule has 0 aromatic rings. The van der Waals surface area contributed by atoms with Crippen LogP contribution in [0, 0.1) is 17.8 Å². The first-order valence-electron chi connectivity index (χ1n) is 18.1. The molecule has 1 fully saturated rings. The fraction of sp³-hybridized carbons (Fsp3) is 0.735. The summed E-state index contributed by atoms with van der Waals surface area (Å²) in [5, 5.41) is 51.1. The van der Waals surface area contributed by atoms with E-state index in [1.54, 1.807) is 33.0 Å². The fourth-order valence-corrected chi connectivity index (χ4v) is 6.23. The van der Waals surface area contributed by atoms with Crippen molar-refractivity contribution in [1.29, 1.82) is 0 Å². The smallest absolute Gasteiger partial charge is 0.405 e. The number of hydrogen-bond donors (Lipinski definition) is 11. The number of nitrogens with one attached hydrogen (secondary N) is 6. The lowest BCUT2D eigenvalue weighted by molar-refractivity contribution is -0.142. The van der Waals surface area contributed by atoms with E-state index in [0.29, 0.717) is 6.42 Å². The maximum absolute atomic E-state index is 13.9. The second-order valence-corrected chi connectivity index (χ2v) is 14.4. The Morgan fingerprint density at radius 2 is 1.15 bits per heavy atom. The average Bonchev–Trinajstić information content (AvgIpc) is 3.09. The zero-order valence-corrected chi connectivity index (χ0v) is 32.0. The predicted molar refractivity (Wildman–Crippen MR) is 195 cm³/mol. The summed E-state index contributed by atoms with van der Waals surface area (Å²) in [7, 11) is 0. The van der Waals surface area contributed by atoms with Crippen LogP contribution in [0.4, 0.5) is 4.79 Å². The number of carboxylic acid groups (broad SMARTS) is 4.